The Balaban J connectivity index is 1.04. The molecule has 0 saturated heterocycles. The summed E-state index contributed by atoms with van der Waals surface area (Å²) in [5.41, 5.74) is 11.7. The number of hydrogen-bond acceptors (Lipinski definition) is 4. The summed E-state index contributed by atoms with van der Waals surface area (Å²) in [7, 11) is 0. The molecule has 4 nitrogen and oxygen atoms in total. The molecule has 0 radical (unpaired) electrons. The largest absolute Gasteiger partial charge is 0.456 e. The average Bonchev–Trinajstić information content (AvgIpc) is 3.75. The normalized spacial score (nSPS) is 13.3. The Labute approximate surface area is 388 Å². The number of aromatic nitrogens is 3. The first kappa shape index (κ1) is 37.0. The van der Waals surface area contributed by atoms with Crippen molar-refractivity contribution in [3.05, 3.63) is 234 Å². The first-order valence-corrected chi connectivity index (χ1v) is 22.3. The van der Waals surface area contributed by atoms with Crippen molar-refractivity contribution >= 4 is 21.9 Å². The van der Waals surface area contributed by atoms with Crippen molar-refractivity contribution in [2.24, 2.45) is 0 Å². The molecule has 4 heterocycles. The SMILES string of the molecule is [2H]C([2H])(c1cc(CC(C)(C)c2ccc(-c3ccccc3)nc2)cc(CC(C)(C)c2ccc(-c3ccccc3)nc2)c1)C([2H])([2H])c1cnc(-c2ccc3c(c2)oc2ccccc23)cc1-c1ccccc1. The van der Waals surface area contributed by atoms with E-state index in [1.165, 1.54) is 6.20 Å². The van der Waals surface area contributed by atoms with Crippen LogP contribution in [0.25, 0.3) is 66.8 Å². The van der Waals surface area contributed by atoms with Crippen molar-refractivity contribution < 1.29 is 9.90 Å². The van der Waals surface area contributed by atoms with Crippen molar-refractivity contribution in [3.8, 4) is 44.9 Å². The van der Waals surface area contributed by atoms with Gasteiger partial charge in [0.1, 0.15) is 11.2 Å². The summed E-state index contributed by atoms with van der Waals surface area (Å²) in [5.74, 6) is 0. The molecule has 318 valence electrons. The lowest BCUT2D eigenvalue weighted by Gasteiger charge is -2.28. The highest BCUT2D eigenvalue weighted by molar-refractivity contribution is 6.05. The number of furan rings is 1. The van der Waals surface area contributed by atoms with Crippen LogP contribution in [0.5, 0.6) is 0 Å². The molecule has 0 atom stereocenters. The summed E-state index contributed by atoms with van der Waals surface area (Å²) in [4.78, 5) is 14.6. The van der Waals surface area contributed by atoms with Gasteiger partial charge in [-0.05, 0) is 117 Å². The first-order chi connectivity index (χ1) is 33.2. The fourth-order valence-corrected chi connectivity index (χ4v) is 9.01. The highest BCUT2D eigenvalue weighted by Gasteiger charge is 2.26. The first-order valence-electron chi connectivity index (χ1n) is 24.3. The zero-order chi connectivity index (χ0) is 48.0. The van der Waals surface area contributed by atoms with E-state index in [-0.39, 0.29) is 11.1 Å². The van der Waals surface area contributed by atoms with Crippen LogP contribution in [-0.2, 0) is 36.4 Å². The fraction of sp³-hybridized carbons (Fsp3) is 0.164. The number of pyridine rings is 3. The molecule has 10 rings (SSSR count). The second-order valence-corrected chi connectivity index (χ2v) is 18.3. The maximum absolute atomic E-state index is 9.95. The van der Waals surface area contributed by atoms with Gasteiger partial charge >= 0.3 is 0 Å². The van der Waals surface area contributed by atoms with E-state index in [1.807, 2.05) is 140 Å². The van der Waals surface area contributed by atoms with E-state index in [1.54, 1.807) is 0 Å². The Morgan fingerprint density at radius 1 is 0.415 bits per heavy atom. The van der Waals surface area contributed by atoms with E-state index in [4.69, 9.17) is 19.4 Å². The van der Waals surface area contributed by atoms with Crippen LogP contribution in [0.15, 0.2) is 205 Å². The fourth-order valence-electron chi connectivity index (χ4n) is 9.01. The summed E-state index contributed by atoms with van der Waals surface area (Å²) >= 11 is 0. The molecule has 0 N–H and O–H groups in total. The van der Waals surface area contributed by atoms with Gasteiger partial charge in [-0.2, -0.15) is 0 Å². The van der Waals surface area contributed by atoms with Crippen molar-refractivity contribution in [1.82, 2.24) is 15.0 Å². The molecule has 0 unspecified atom stereocenters. The van der Waals surface area contributed by atoms with E-state index in [2.05, 4.69) is 82.3 Å². The van der Waals surface area contributed by atoms with Crippen molar-refractivity contribution in [3.63, 3.8) is 0 Å². The molecule has 65 heavy (non-hydrogen) atoms. The lowest BCUT2D eigenvalue weighted by molar-refractivity contribution is 0.512. The topological polar surface area (TPSA) is 51.8 Å². The smallest absolute Gasteiger partial charge is 0.136 e. The van der Waals surface area contributed by atoms with Gasteiger partial charge in [0.25, 0.3) is 0 Å². The molecule has 0 fully saturated rings. The summed E-state index contributed by atoms with van der Waals surface area (Å²) in [6.07, 6.45) is 1.48. The predicted octanol–water partition coefficient (Wildman–Crippen LogP) is 15.3. The molecule has 0 saturated carbocycles. The Morgan fingerprint density at radius 2 is 0.923 bits per heavy atom. The molecule has 0 aliphatic heterocycles. The van der Waals surface area contributed by atoms with Crippen molar-refractivity contribution in [2.75, 3.05) is 0 Å². The Morgan fingerprint density at radius 3 is 1.49 bits per heavy atom. The summed E-state index contributed by atoms with van der Waals surface area (Å²) < 4.78 is 46.0. The zero-order valence-electron chi connectivity index (χ0n) is 41.2. The number of nitrogens with zero attached hydrogens (tertiary/aromatic N) is 3. The maximum Gasteiger partial charge on any atom is 0.136 e. The van der Waals surface area contributed by atoms with Crippen LogP contribution in [0.4, 0.5) is 0 Å². The Bertz CT molecular complexity index is 3310. The standard InChI is InChI=1S/C61H53N3O/c1-60(2,50-27-30-55(63-40-50)46-18-10-6-11-19-46)37-43-32-42(33-44(34-43)38-61(3,4)51-28-31-56(64-41-51)47-20-12-7-13-21-47)24-25-49-39-62-57(36-54(49)45-16-8-5-9-17-45)48-26-29-53-52-22-14-15-23-58(52)65-59(53)35-48/h5-23,26-36,39-41H,24-25,37-38H2,1-4H3/i24D2,25D2. The molecular formula is C61H53N3O. The van der Waals surface area contributed by atoms with Crippen molar-refractivity contribution in [2.45, 2.75) is 64.1 Å². The average molecular weight is 848 g/mol. The van der Waals surface area contributed by atoms with E-state index < -0.39 is 23.6 Å². The molecular weight excluding hydrogens is 791 g/mol. The molecule has 0 amide bonds. The summed E-state index contributed by atoms with van der Waals surface area (Å²) in [5, 5.41) is 2.04. The van der Waals surface area contributed by atoms with Crippen molar-refractivity contribution in [1.29, 1.82) is 0 Å². The second kappa shape index (κ2) is 17.6. The van der Waals surface area contributed by atoms with Gasteiger partial charge in [-0.1, -0.05) is 173 Å². The van der Waals surface area contributed by atoms with Gasteiger partial charge in [0.05, 0.1) is 17.1 Å². The molecule has 0 spiro atoms. The third-order valence-electron chi connectivity index (χ3n) is 12.6. The van der Waals surface area contributed by atoms with Gasteiger partial charge in [-0.25, -0.2) is 0 Å². The number of para-hydroxylation sites is 1. The zero-order valence-corrected chi connectivity index (χ0v) is 37.2. The number of rotatable bonds is 13. The van der Waals surface area contributed by atoms with Gasteiger partial charge in [0.15, 0.2) is 0 Å². The molecule has 0 bridgehead atoms. The minimum Gasteiger partial charge on any atom is -0.456 e. The minimum absolute atomic E-state index is 0.161. The summed E-state index contributed by atoms with van der Waals surface area (Å²) in [6, 6.07) is 60.0. The van der Waals surface area contributed by atoms with Gasteiger partial charge in [-0.15, -0.1) is 0 Å². The number of hydrogen-bond donors (Lipinski definition) is 0. The molecule has 0 aliphatic rings. The minimum atomic E-state index is -2.54. The third-order valence-corrected chi connectivity index (χ3v) is 12.6. The molecule has 4 heteroatoms. The number of aryl methyl sites for hydroxylation is 2. The Hall–Kier alpha value is -7.43. The highest BCUT2D eigenvalue weighted by atomic mass is 16.3. The number of fused-ring (bicyclic) bond motifs is 3. The van der Waals surface area contributed by atoms with Crippen LogP contribution in [0.2, 0.25) is 0 Å². The molecule has 6 aromatic carbocycles. The predicted molar refractivity (Wildman–Crippen MR) is 269 cm³/mol. The monoisotopic (exact) mass is 847 g/mol. The van der Waals surface area contributed by atoms with Crippen LogP contribution in [-0.4, -0.2) is 15.0 Å². The molecule has 0 aliphatic carbocycles. The van der Waals surface area contributed by atoms with Crippen LogP contribution in [0.3, 0.4) is 0 Å². The van der Waals surface area contributed by atoms with Crippen LogP contribution < -0.4 is 0 Å². The molecule has 4 aromatic heterocycles. The highest BCUT2D eigenvalue weighted by Crippen LogP contribution is 2.36. The quantitative estimate of drug-likeness (QED) is 0.116. The Kier molecular flexibility index (Phi) is 10.0. The lowest BCUT2D eigenvalue weighted by atomic mass is 9.77. The van der Waals surface area contributed by atoms with E-state index in [9.17, 15) is 5.48 Å². The van der Waals surface area contributed by atoms with Gasteiger partial charge < -0.3 is 4.42 Å². The second-order valence-electron chi connectivity index (χ2n) is 18.3. The lowest BCUT2D eigenvalue weighted by Crippen LogP contribution is -2.23. The molecule has 10 aromatic rings. The maximum atomic E-state index is 9.95. The van der Waals surface area contributed by atoms with E-state index in [0.29, 0.717) is 24.1 Å². The van der Waals surface area contributed by atoms with Crippen LogP contribution in [0.1, 0.15) is 66.6 Å². The van der Waals surface area contributed by atoms with Gasteiger partial charge in [0.2, 0.25) is 0 Å². The van der Waals surface area contributed by atoms with Crippen LogP contribution >= 0.6 is 0 Å². The number of benzene rings is 6. The third kappa shape index (κ3) is 9.03. The van der Waals surface area contributed by atoms with E-state index in [0.717, 1.165) is 77.8 Å². The van der Waals surface area contributed by atoms with Crippen LogP contribution in [0, 0.1) is 0 Å². The van der Waals surface area contributed by atoms with Gasteiger partial charge in [-0.3, -0.25) is 15.0 Å². The van der Waals surface area contributed by atoms with Gasteiger partial charge in [0, 0.05) is 51.5 Å². The summed E-state index contributed by atoms with van der Waals surface area (Å²) in [6.45, 7) is 8.73. The van der Waals surface area contributed by atoms with E-state index >= 15 is 0 Å².